The van der Waals surface area contributed by atoms with Gasteiger partial charge in [-0.3, -0.25) is 10.00 Å². The molecule has 1 N–H and O–H groups in total. The van der Waals surface area contributed by atoms with Crippen molar-refractivity contribution in [3.63, 3.8) is 0 Å². The Morgan fingerprint density at radius 3 is 2.29 bits per heavy atom. The predicted octanol–water partition coefficient (Wildman–Crippen LogP) is 5.14. The third-order valence-corrected chi connectivity index (χ3v) is 4.21. The summed E-state index contributed by atoms with van der Waals surface area (Å²) in [6, 6.07) is 3.23. The van der Waals surface area contributed by atoms with Crippen LogP contribution >= 0.6 is 11.6 Å². The van der Waals surface area contributed by atoms with Crippen LogP contribution in [0.3, 0.4) is 0 Å². The van der Waals surface area contributed by atoms with Crippen LogP contribution in [0.4, 0.5) is 37.0 Å². The molecule has 14 heteroatoms. The van der Waals surface area contributed by atoms with Crippen molar-refractivity contribution in [2.24, 2.45) is 7.05 Å². The number of halogens is 7. The van der Waals surface area contributed by atoms with Gasteiger partial charge >= 0.3 is 18.4 Å². The smallest absolute Gasteiger partial charge is 0.435 e. The first-order valence-electron chi connectivity index (χ1n) is 8.24. The lowest BCUT2D eigenvalue weighted by Crippen LogP contribution is -2.15. The van der Waals surface area contributed by atoms with Crippen LogP contribution < -0.4 is 5.32 Å². The number of alkyl halides is 6. The Kier molecular flexibility index (Phi) is 5.65. The molecule has 2 aromatic heterocycles. The third-order valence-electron chi connectivity index (χ3n) is 3.99. The third kappa shape index (κ3) is 4.60. The minimum atomic E-state index is -5.09. The van der Waals surface area contributed by atoms with Crippen molar-refractivity contribution in [3.05, 3.63) is 46.7 Å². The molecule has 0 saturated heterocycles. The highest BCUT2D eigenvalue weighted by Crippen LogP contribution is 2.44. The minimum absolute atomic E-state index is 0.135. The van der Waals surface area contributed by atoms with Crippen LogP contribution in [-0.2, 0) is 24.1 Å². The van der Waals surface area contributed by atoms with Crippen LogP contribution in [0, 0.1) is 0 Å². The van der Waals surface area contributed by atoms with E-state index < -0.39 is 51.7 Å². The number of nitrogens with one attached hydrogen (secondary N) is 1. The summed E-state index contributed by atoms with van der Waals surface area (Å²) in [4.78, 5) is 11.8. The van der Waals surface area contributed by atoms with Gasteiger partial charge in [0.05, 0.1) is 18.2 Å². The molecule has 0 atom stereocenters. The van der Waals surface area contributed by atoms with Gasteiger partial charge in [-0.05, 0) is 23.8 Å². The first-order valence-corrected chi connectivity index (χ1v) is 8.62. The van der Waals surface area contributed by atoms with Gasteiger partial charge in [0.15, 0.2) is 11.5 Å². The zero-order valence-corrected chi connectivity index (χ0v) is 16.4. The summed E-state index contributed by atoms with van der Waals surface area (Å²) in [6.45, 7) is 0. The number of aromatic nitrogens is 4. The van der Waals surface area contributed by atoms with Crippen LogP contribution in [-0.4, -0.2) is 32.8 Å². The van der Waals surface area contributed by atoms with Crippen molar-refractivity contribution in [1.82, 2.24) is 19.6 Å². The number of benzene rings is 1. The number of aryl methyl sites for hydroxylation is 1. The molecule has 1 aromatic carbocycles. The number of hydrogen-bond acceptors (Lipinski definition) is 4. The fraction of sp³-hybridized carbons (Fsp3) is 0.235. The first kappa shape index (κ1) is 22.5. The topological polar surface area (TPSA) is 74.0 Å². The van der Waals surface area contributed by atoms with Crippen LogP contribution in [0.5, 0.6) is 0 Å². The molecule has 0 saturated carbocycles. The number of nitrogens with zero attached hydrogens (tertiary/aromatic N) is 4. The Labute approximate surface area is 175 Å². The molecule has 0 spiro atoms. The molecule has 0 unspecified atom stereocenters. The quantitative estimate of drug-likeness (QED) is 0.541. The van der Waals surface area contributed by atoms with Gasteiger partial charge in [0.1, 0.15) is 5.82 Å². The number of hydrogen-bond donors (Lipinski definition) is 1. The first-order chi connectivity index (χ1) is 14.3. The Balaban J connectivity index is 2.38. The number of ether oxygens (including phenoxy) is 1. The molecule has 0 aliphatic carbocycles. The summed E-state index contributed by atoms with van der Waals surface area (Å²) >= 11 is 5.75. The second-order valence-electron chi connectivity index (χ2n) is 6.17. The Hall–Kier alpha value is -3.22. The van der Waals surface area contributed by atoms with Gasteiger partial charge in [-0.2, -0.15) is 41.2 Å². The van der Waals surface area contributed by atoms with Crippen molar-refractivity contribution in [3.8, 4) is 16.9 Å². The van der Waals surface area contributed by atoms with E-state index in [-0.39, 0.29) is 5.82 Å². The minimum Gasteiger partial charge on any atom is -0.453 e. The van der Waals surface area contributed by atoms with Crippen LogP contribution in [0.15, 0.2) is 30.5 Å². The summed E-state index contributed by atoms with van der Waals surface area (Å²) < 4.78 is 87.4. The van der Waals surface area contributed by atoms with Gasteiger partial charge in [0, 0.05) is 24.3 Å². The molecular formula is C17H12ClF6N5O2. The lowest BCUT2D eigenvalue weighted by molar-refractivity contribution is -0.140. The second-order valence-corrected chi connectivity index (χ2v) is 6.61. The van der Waals surface area contributed by atoms with Crippen molar-refractivity contribution in [2.75, 3.05) is 12.4 Å². The van der Waals surface area contributed by atoms with E-state index in [0.717, 1.165) is 13.2 Å². The molecule has 1 amide bonds. The van der Waals surface area contributed by atoms with Gasteiger partial charge in [-0.1, -0.05) is 11.6 Å². The van der Waals surface area contributed by atoms with E-state index in [9.17, 15) is 31.1 Å². The summed E-state index contributed by atoms with van der Waals surface area (Å²) in [5, 5.41) is 9.01. The Bertz CT molecular complexity index is 1140. The molecule has 3 aromatic rings. The lowest BCUT2D eigenvalue weighted by Gasteiger charge is -2.13. The van der Waals surface area contributed by atoms with E-state index in [0.29, 0.717) is 16.8 Å². The fourth-order valence-corrected chi connectivity index (χ4v) is 2.97. The number of carbonyl (C=O) groups is 1. The zero-order valence-electron chi connectivity index (χ0n) is 15.6. The summed E-state index contributed by atoms with van der Waals surface area (Å²) in [5.41, 5.74) is -4.24. The van der Waals surface area contributed by atoms with Crippen LogP contribution in [0.25, 0.3) is 16.9 Å². The molecule has 0 bridgehead atoms. The standard InChI is InChI=1S/C17H12ClF6N5O2/c1-28-4-3-11(26-28)29-14(25-15(30)31-2)12(13(27-29)17(22,23)24)8-5-9(16(19,20)21)7-10(18)6-8/h3-7H,1-2H3,(H,25,30). The highest BCUT2D eigenvalue weighted by atomic mass is 35.5. The summed E-state index contributed by atoms with van der Waals surface area (Å²) in [7, 11) is 2.45. The monoisotopic (exact) mass is 467 g/mol. The largest absolute Gasteiger partial charge is 0.453 e. The molecule has 3 rings (SSSR count). The number of rotatable bonds is 3. The molecule has 0 fully saturated rings. The lowest BCUT2D eigenvalue weighted by atomic mass is 10.0. The van der Waals surface area contributed by atoms with E-state index in [1.54, 1.807) is 0 Å². The number of amides is 1. The van der Waals surface area contributed by atoms with E-state index in [2.05, 4.69) is 20.3 Å². The maximum atomic E-state index is 13.8. The average Bonchev–Trinajstić information content (AvgIpc) is 3.23. The average molecular weight is 468 g/mol. The Morgan fingerprint density at radius 2 is 1.77 bits per heavy atom. The highest BCUT2D eigenvalue weighted by Gasteiger charge is 2.41. The van der Waals surface area contributed by atoms with Crippen molar-refractivity contribution in [2.45, 2.75) is 12.4 Å². The SMILES string of the molecule is COC(=O)Nc1c(-c2cc(Cl)cc(C(F)(F)F)c2)c(C(F)(F)F)nn1-c1ccn(C)n1. The summed E-state index contributed by atoms with van der Waals surface area (Å²) in [6.07, 6.45) is -9.76. The van der Waals surface area contributed by atoms with Crippen molar-refractivity contribution >= 4 is 23.5 Å². The number of methoxy groups -OCH3 is 1. The zero-order chi connectivity index (χ0) is 23.1. The molecule has 0 aliphatic heterocycles. The fourth-order valence-electron chi connectivity index (χ4n) is 2.73. The van der Waals surface area contributed by atoms with Gasteiger partial charge < -0.3 is 4.74 Å². The summed E-state index contributed by atoms with van der Waals surface area (Å²) in [5.74, 6) is -0.739. The second kappa shape index (κ2) is 7.80. The number of carbonyl (C=O) groups excluding carboxylic acids is 1. The van der Waals surface area contributed by atoms with Crippen LogP contribution in [0.2, 0.25) is 5.02 Å². The molecule has 2 heterocycles. The Morgan fingerprint density at radius 1 is 1.10 bits per heavy atom. The highest BCUT2D eigenvalue weighted by molar-refractivity contribution is 6.31. The van der Waals surface area contributed by atoms with E-state index in [1.807, 2.05) is 0 Å². The molecular weight excluding hydrogens is 456 g/mol. The van der Waals surface area contributed by atoms with E-state index in [4.69, 9.17) is 11.6 Å². The van der Waals surface area contributed by atoms with Crippen molar-refractivity contribution < 1.29 is 35.9 Å². The van der Waals surface area contributed by atoms with Gasteiger partial charge in [-0.25, -0.2) is 4.79 Å². The molecule has 0 radical (unpaired) electrons. The van der Waals surface area contributed by atoms with Gasteiger partial charge in [0.2, 0.25) is 0 Å². The predicted molar refractivity (Wildman–Crippen MR) is 96.8 cm³/mol. The molecule has 7 nitrogen and oxygen atoms in total. The number of anilines is 1. The van der Waals surface area contributed by atoms with Crippen LogP contribution in [0.1, 0.15) is 11.3 Å². The van der Waals surface area contributed by atoms with Crippen molar-refractivity contribution in [1.29, 1.82) is 0 Å². The molecule has 0 aliphatic rings. The maximum Gasteiger partial charge on any atom is 0.435 e. The normalized spacial score (nSPS) is 12.2. The van der Waals surface area contributed by atoms with Gasteiger partial charge in [0.25, 0.3) is 0 Å². The maximum absolute atomic E-state index is 13.8. The van der Waals surface area contributed by atoms with Gasteiger partial charge in [-0.15, -0.1) is 0 Å². The molecule has 31 heavy (non-hydrogen) atoms. The van der Waals surface area contributed by atoms with E-state index >= 15 is 0 Å². The molecule has 166 valence electrons. The van der Waals surface area contributed by atoms with E-state index in [1.165, 1.54) is 24.0 Å².